The summed E-state index contributed by atoms with van der Waals surface area (Å²) in [5.41, 5.74) is -5.85. The fourth-order valence-electron chi connectivity index (χ4n) is 8.98. The molecule has 47 heavy (non-hydrogen) atoms. The number of benzene rings is 2. The fraction of sp³-hybridized carbons (Fsp3) is 0.444. The van der Waals surface area contributed by atoms with Crippen LogP contribution >= 0.6 is 11.6 Å². The highest BCUT2D eigenvalue weighted by Crippen LogP contribution is 2.71. The second kappa shape index (κ2) is 11.5. The molecule has 3 saturated carbocycles. The number of nitrogens with zero attached hydrogens (tertiary/aromatic N) is 1. The quantitative estimate of drug-likeness (QED) is 0.335. The number of phenolic OH excluding ortho intramolecular Hbond substituents is 1. The summed E-state index contributed by atoms with van der Waals surface area (Å²) in [6, 6.07) is 12.1. The first-order valence-corrected chi connectivity index (χ1v) is 15.9. The first kappa shape index (κ1) is 32.7. The van der Waals surface area contributed by atoms with Crippen molar-refractivity contribution >= 4 is 29.3 Å². The van der Waals surface area contributed by atoms with Crippen LogP contribution in [0.1, 0.15) is 56.8 Å². The topological polar surface area (TPSA) is 143 Å². The lowest BCUT2D eigenvalue weighted by atomic mass is 9.44. The number of esters is 2. The van der Waals surface area contributed by atoms with Crippen LogP contribution in [0.2, 0.25) is 5.02 Å². The van der Waals surface area contributed by atoms with Gasteiger partial charge in [0.1, 0.15) is 23.3 Å². The van der Waals surface area contributed by atoms with Crippen LogP contribution in [0.25, 0.3) is 0 Å². The van der Waals surface area contributed by atoms with Crippen molar-refractivity contribution in [3.05, 3.63) is 76.9 Å². The summed E-state index contributed by atoms with van der Waals surface area (Å²) in [6.07, 6.45) is 3.62. The number of nitriles is 1. The van der Waals surface area contributed by atoms with Crippen molar-refractivity contribution < 1.29 is 43.2 Å². The highest BCUT2D eigenvalue weighted by Gasteiger charge is 2.78. The Labute approximate surface area is 276 Å². The van der Waals surface area contributed by atoms with Gasteiger partial charge >= 0.3 is 11.9 Å². The molecule has 0 aliphatic heterocycles. The van der Waals surface area contributed by atoms with E-state index in [1.54, 1.807) is 32.9 Å². The predicted molar refractivity (Wildman–Crippen MR) is 167 cm³/mol. The molecule has 9 nitrogen and oxygen atoms in total. The molecule has 0 heterocycles. The minimum Gasteiger partial charge on any atom is -0.506 e. The van der Waals surface area contributed by atoms with E-state index in [9.17, 15) is 29.9 Å². The smallest absolute Gasteiger partial charge is 0.352 e. The monoisotopic (exact) mass is 663 g/mol. The zero-order valence-electron chi connectivity index (χ0n) is 26.2. The van der Waals surface area contributed by atoms with Gasteiger partial charge in [-0.2, -0.15) is 5.26 Å². The largest absolute Gasteiger partial charge is 0.506 e. The van der Waals surface area contributed by atoms with E-state index >= 15 is 4.39 Å². The molecule has 6 rings (SSSR count). The third-order valence-corrected chi connectivity index (χ3v) is 11.6. The molecule has 3 fully saturated rings. The number of halogens is 2. The van der Waals surface area contributed by atoms with E-state index in [2.05, 4.69) is 0 Å². The van der Waals surface area contributed by atoms with Crippen LogP contribution in [0.5, 0.6) is 17.2 Å². The van der Waals surface area contributed by atoms with Gasteiger partial charge in [-0.05, 0) is 87.1 Å². The molecule has 0 unspecified atom stereocenters. The van der Waals surface area contributed by atoms with Crippen LogP contribution in [-0.4, -0.2) is 51.9 Å². The molecule has 0 spiro atoms. The highest BCUT2D eigenvalue weighted by atomic mass is 35.5. The lowest BCUT2D eigenvalue weighted by molar-refractivity contribution is -0.227. The first-order valence-electron chi connectivity index (χ1n) is 15.6. The van der Waals surface area contributed by atoms with Gasteiger partial charge in [-0.1, -0.05) is 37.1 Å². The average molecular weight is 664 g/mol. The van der Waals surface area contributed by atoms with Gasteiger partial charge in [0.25, 0.3) is 0 Å². The Bertz CT molecular complexity index is 1750. The van der Waals surface area contributed by atoms with Crippen molar-refractivity contribution in [1.82, 2.24) is 0 Å². The number of phenols is 1. The number of ketones is 1. The lowest BCUT2D eigenvalue weighted by Crippen LogP contribution is -2.70. The molecule has 2 aromatic rings. The van der Waals surface area contributed by atoms with Gasteiger partial charge in [-0.3, -0.25) is 4.79 Å². The van der Waals surface area contributed by atoms with E-state index in [1.807, 2.05) is 0 Å². The number of carbonyl (C=O) groups excluding carboxylic acids is 3. The molecule has 8 atom stereocenters. The van der Waals surface area contributed by atoms with Gasteiger partial charge in [0.15, 0.2) is 18.1 Å². The maximum atomic E-state index is 17.7. The van der Waals surface area contributed by atoms with Crippen LogP contribution in [0, 0.1) is 39.9 Å². The Hall–Kier alpha value is -4.20. The molecular formula is C36H35ClFNO8. The summed E-state index contributed by atoms with van der Waals surface area (Å²) in [5, 5.41) is 30.7. The van der Waals surface area contributed by atoms with Crippen molar-refractivity contribution in [3.63, 3.8) is 0 Å². The second-order valence-corrected chi connectivity index (χ2v) is 13.9. The Morgan fingerprint density at radius 2 is 1.83 bits per heavy atom. The first-order chi connectivity index (χ1) is 22.2. The lowest BCUT2D eigenvalue weighted by Gasteiger charge is -2.62. The number of aliphatic hydroxyl groups is 1. The number of allylic oxidation sites excluding steroid dienone is 4. The van der Waals surface area contributed by atoms with E-state index in [-0.39, 0.29) is 28.5 Å². The Morgan fingerprint density at radius 1 is 1.13 bits per heavy atom. The SMILES string of the molecule is C[C@@H]1C[C@H]2[C@@H]3CCC4=CC(=O)C=C[C@]4(C)[C@@]3(F)[C@@H](O)C[C@]2(C)[C@@]1(OC(=O)c1ccc(Oc2ccc(O)c(Cl)c2)cc1)C(=O)OCC#N. The van der Waals surface area contributed by atoms with Crippen LogP contribution in [0.15, 0.2) is 66.3 Å². The van der Waals surface area contributed by atoms with Gasteiger partial charge in [-0.15, -0.1) is 0 Å². The molecular weight excluding hydrogens is 629 g/mol. The van der Waals surface area contributed by atoms with Gasteiger partial charge in [0, 0.05) is 28.7 Å². The number of aromatic hydroxyl groups is 1. The fourth-order valence-corrected chi connectivity index (χ4v) is 9.15. The molecule has 2 aromatic carbocycles. The molecule has 0 amide bonds. The third kappa shape index (κ3) is 4.77. The molecule has 0 bridgehead atoms. The number of alkyl halides is 1. The summed E-state index contributed by atoms with van der Waals surface area (Å²) in [5.74, 6) is -3.25. The van der Waals surface area contributed by atoms with Gasteiger partial charge in [0.05, 0.1) is 16.7 Å². The van der Waals surface area contributed by atoms with E-state index in [4.69, 9.17) is 25.8 Å². The van der Waals surface area contributed by atoms with Gasteiger partial charge < -0.3 is 24.4 Å². The molecule has 0 saturated heterocycles. The van der Waals surface area contributed by atoms with Crippen molar-refractivity contribution in [2.45, 2.75) is 63.8 Å². The molecule has 4 aliphatic rings. The Balaban J connectivity index is 1.34. The maximum absolute atomic E-state index is 17.7. The number of hydrogen-bond donors (Lipinski definition) is 2. The number of hydrogen-bond acceptors (Lipinski definition) is 9. The molecule has 246 valence electrons. The molecule has 0 aromatic heterocycles. The number of aliphatic hydroxyl groups excluding tert-OH is 1. The summed E-state index contributed by atoms with van der Waals surface area (Å²) >= 11 is 5.97. The van der Waals surface area contributed by atoms with Crippen LogP contribution in [0.4, 0.5) is 4.39 Å². The third-order valence-electron chi connectivity index (χ3n) is 11.3. The summed E-state index contributed by atoms with van der Waals surface area (Å²) in [4.78, 5) is 40.0. The minimum atomic E-state index is -2.15. The standard InChI is InChI=1S/C36H35ClFNO8/c1-20-16-27-26-10-6-22-17-23(40)12-13-33(22,2)35(26,38)30(42)19-34(27,3)36(20,32(44)45-15-14-39)47-31(43)21-4-7-24(8-5-21)46-25-9-11-29(41)28(37)18-25/h4-5,7-9,11-13,17-18,20,26-27,30,41-42H,6,10,15-16,19H2,1-3H3/t20-,26+,27+,30+,33+,34+,35+,36+/m1/s1. The van der Waals surface area contributed by atoms with E-state index in [0.29, 0.717) is 36.3 Å². The van der Waals surface area contributed by atoms with E-state index < -0.39 is 64.5 Å². The zero-order chi connectivity index (χ0) is 33.9. The number of carbonyl (C=O) groups is 3. The van der Waals surface area contributed by atoms with Crippen molar-refractivity contribution in [1.29, 1.82) is 5.26 Å². The second-order valence-electron chi connectivity index (χ2n) is 13.5. The predicted octanol–water partition coefficient (Wildman–Crippen LogP) is 6.42. The molecule has 2 N–H and O–H groups in total. The number of fused-ring (bicyclic) bond motifs is 5. The van der Waals surface area contributed by atoms with Crippen LogP contribution < -0.4 is 4.74 Å². The minimum absolute atomic E-state index is 0.0966. The van der Waals surface area contributed by atoms with Crippen molar-refractivity contribution in [3.8, 4) is 23.3 Å². The van der Waals surface area contributed by atoms with Gasteiger partial charge in [0.2, 0.25) is 5.60 Å². The number of rotatable bonds is 6. The number of ether oxygens (including phenoxy) is 3. The summed E-state index contributed by atoms with van der Waals surface area (Å²) < 4.78 is 35.0. The van der Waals surface area contributed by atoms with Crippen molar-refractivity contribution in [2.75, 3.05) is 6.61 Å². The molecule has 0 radical (unpaired) electrons. The average Bonchev–Trinajstić information content (AvgIpc) is 3.25. The van der Waals surface area contributed by atoms with Gasteiger partial charge in [-0.25, -0.2) is 14.0 Å². The normalized spacial score (nSPS) is 35.4. The van der Waals surface area contributed by atoms with Crippen LogP contribution in [0.3, 0.4) is 0 Å². The summed E-state index contributed by atoms with van der Waals surface area (Å²) in [7, 11) is 0. The van der Waals surface area contributed by atoms with E-state index in [0.717, 1.165) is 0 Å². The highest BCUT2D eigenvalue weighted by molar-refractivity contribution is 6.32. The van der Waals surface area contributed by atoms with Crippen molar-refractivity contribution in [2.24, 2.45) is 28.6 Å². The molecule has 4 aliphatic carbocycles. The Morgan fingerprint density at radius 3 is 2.51 bits per heavy atom. The zero-order valence-corrected chi connectivity index (χ0v) is 26.9. The Kier molecular flexibility index (Phi) is 8.01. The van der Waals surface area contributed by atoms with Crippen LogP contribution in [-0.2, 0) is 19.1 Å². The molecule has 11 heteroatoms. The van der Waals surface area contributed by atoms with E-state index in [1.165, 1.54) is 54.6 Å². The maximum Gasteiger partial charge on any atom is 0.352 e. The summed E-state index contributed by atoms with van der Waals surface area (Å²) in [6.45, 7) is 4.60.